The van der Waals surface area contributed by atoms with Gasteiger partial charge < -0.3 is 15.2 Å². The van der Waals surface area contributed by atoms with Crippen LogP contribution in [0.15, 0.2) is 78.9 Å². The van der Waals surface area contributed by atoms with Crippen LogP contribution < -0.4 is 5.32 Å². The molecule has 29 heavy (non-hydrogen) atoms. The fourth-order valence-corrected chi connectivity index (χ4v) is 4.39. The van der Waals surface area contributed by atoms with E-state index in [1.165, 1.54) is 22.3 Å². The Hall–Kier alpha value is -3.11. The van der Waals surface area contributed by atoms with Crippen LogP contribution in [0.2, 0.25) is 0 Å². The first kappa shape index (κ1) is 18.0. The van der Waals surface area contributed by atoms with Crippen molar-refractivity contribution in [2.75, 3.05) is 6.61 Å². The van der Waals surface area contributed by atoms with Gasteiger partial charge in [0.1, 0.15) is 12.7 Å². The van der Waals surface area contributed by atoms with Gasteiger partial charge in [0, 0.05) is 5.92 Å². The van der Waals surface area contributed by atoms with Crippen LogP contribution in [0, 0.1) is 0 Å². The fraction of sp³-hybridized carbons (Fsp3) is 0.240. The Morgan fingerprint density at radius 2 is 1.48 bits per heavy atom. The molecule has 0 heterocycles. The number of alkyl carbamates (subject to hydrolysis) is 1. The summed E-state index contributed by atoms with van der Waals surface area (Å²) in [5, 5.41) is 13.7. The van der Waals surface area contributed by atoms with E-state index in [1.54, 1.807) is 0 Å². The van der Waals surface area contributed by atoms with Crippen LogP contribution in [-0.2, 0) is 4.74 Å². The van der Waals surface area contributed by atoms with Crippen molar-refractivity contribution in [2.24, 2.45) is 0 Å². The largest absolute Gasteiger partial charge is 0.449 e. The van der Waals surface area contributed by atoms with Crippen molar-refractivity contribution in [1.82, 2.24) is 5.32 Å². The molecule has 1 unspecified atom stereocenters. The standard InChI is InChI=1S/C25H23NO3/c27-23(17-8-2-1-3-9-17)25(14-15-25)26-24(28)29-16-22-20-12-6-4-10-18(20)19-11-5-7-13-21(19)22/h1-13,22-23,27H,14-16H2,(H,26,28). The number of ether oxygens (including phenoxy) is 1. The first-order valence-corrected chi connectivity index (χ1v) is 10.0. The van der Waals surface area contributed by atoms with Crippen LogP contribution in [0.25, 0.3) is 11.1 Å². The van der Waals surface area contributed by atoms with Gasteiger partial charge in [-0.25, -0.2) is 4.79 Å². The lowest BCUT2D eigenvalue weighted by Crippen LogP contribution is -2.42. The van der Waals surface area contributed by atoms with E-state index in [0.29, 0.717) is 0 Å². The second-order valence-corrected chi connectivity index (χ2v) is 7.92. The minimum absolute atomic E-state index is 0.0300. The third-order valence-corrected chi connectivity index (χ3v) is 6.12. The van der Waals surface area contributed by atoms with Gasteiger partial charge >= 0.3 is 6.09 Å². The number of hydrogen-bond donors (Lipinski definition) is 2. The van der Waals surface area contributed by atoms with Crippen LogP contribution in [0.4, 0.5) is 4.79 Å². The quantitative estimate of drug-likeness (QED) is 0.664. The molecule has 146 valence electrons. The highest BCUT2D eigenvalue weighted by Crippen LogP contribution is 2.47. The van der Waals surface area contributed by atoms with Crippen LogP contribution in [0.5, 0.6) is 0 Å². The molecule has 0 aromatic heterocycles. The first-order chi connectivity index (χ1) is 14.2. The van der Waals surface area contributed by atoms with Crippen molar-refractivity contribution in [3.8, 4) is 11.1 Å². The number of fused-ring (bicyclic) bond motifs is 3. The molecule has 3 aromatic rings. The Labute approximate surface area is 170 Å². The lowest BCUT2D eigenvalue weighted by Gasteiger charge is -2.24. The average molecular weight is 385 g/mol. The summed E-state index contributed by atoms with van der Waals surface area (Å²) in [5.41, 5.74) is 4.97. The van der Waals surface area contributed by atoms with Crippen LogP contribution >= 0.6 is 0 Å². The van der Waals surface area contributed by atoms with Gasteiger partial charge in [-0.05, 0) is 40.7 Å². The molecule has 3 aromatic carbocycles. The molecule has 2 aliphatic carbocycles. The normalized spacial score (nSPS) is 17.1. The molecule has 2 N–H and O–H groups in total. The molecule has 0 radical (unpaired) electrons. The minimum Gasteiger partial charge on any atom is -0.449 e. The van der Waals surface area contributed by atoms with Crippen molar-refractivity contribution in [1.29, 1.82) is 0 Å². The first-order valence-electron chi connectivity index (χ1n) is 10.0. The summed E-state index contributed by atoms with van der Waals surface area (Å²) in [6.45, 7) is 0.275. The monoisotopic (exact) mass is 385 g/mol. The molecule has 1 atom stereocenters. The Bertz CT molecular complexity index is 997. The van der Waals surface area contributed by atoms with E-state index in [2.05, 4.69) is 29.6 Å². The SMILES string of the molecule is O=C(NC1(C(O)c2ccccc2)CC1)OCC1c2ccccc2-c2ccccc21. The van der Waals surface area contributed by atoms with Gasteiger partial charge in [0.15, 0.2) is 0 Å². The summed E-state index contributed by atoms with van der Waals surface area (Å²) >= 11 is 0. The van der Waals surface area contributed by atoms with E-state index >= 15 is 0 Å². The molecule has 4 nitrogen and oxygen atoms in total. The van der Waals surface area contributed by atoms with Gasteiger partial charge in [-0.3, -0.25) is 0 Å². The fourth-order valence-electron chi connectivity index (χ4n) is 4.39. The van der Waals surface area contributed by atoms with Crippen LogP contribution in [0.3, 0.4) is 0 Å². The van der Waals surface area contributed by atoms with E-state index in [1.807, 2.05) is 54.6 Å². The third kappa shape index (κ3) is 3.19. The van der Waals surface area contributed by atoms with Gasteiger partial charge in [-0.15, -0.1) is 0 Å². The lowest BCUT2D eigenvalue weighted by atomic mass is 9.98. The van der Waals surface area contributed by atoms with E-state index in [4.69, 9.17) is 4.74 Å². The summed E-state index contributed by atoms with van der Waals surface area (Å²) < 4.78 is 5.64. The maximum Gasteiger partial charge on any atom is 0.407 e. The number of aliphatic hydroxyl groups excluding tert-OH is 1. The number of carbonyl (C=O) groups excluding carboxylic acids is 1. The van der Waals surface area contributed by atoms with E-state index in [-0.39, 0.29) is 12.5 Å². The number of nitrogens with one attached hydrogen (secondary N) is 1. The predicted octanol–water partition coefficient (Wildman–Crippen LogP) is 4.79. The molecule has 1 amide bonds. The zero-order valence-electron chi connectivity index (χ0n) is 16.0. The molecule has 2 aliphatic rings. The molecule has 0 spiro atoms. The number of amides is 1. The van der Waals surface area contributed by atoms with E-state index in [9.17, 15) is 9.90 Å². The average Bonchev–Trinajstić information content (AvgIpc) is 3.48. The molecule has 0 saturated heterocycles. The van der Waals surface area contributed by atoms with Gasteiger partial charge in [0.05, 0.1) is 5.54 Å². The molecule has 4 heteroatoms. The molecule has 5 rings (SSSR count). The number of aliphatic hydroxyl groups is 1. The van der Waals surface area contributed by atoms with Crippen molar-refractivity contribution in [3.05, 3.63) is 95.6 Å². The van der Waals surface area contributed by atoms with Gasteiger partial charge in [-0.2, -0.15) is 0 Å². The highest BCUT2D eigenvalue weighted by molar-refractivity contribution is 5.79. The summed E-state index contributed by atoms with van der Waals surface area (Å²) in [4.78, 5) is 12.6. The van der Waals surface area contributed by atoms with Crippen molar-refractivity contribution >= 4 is 6.09 Å². The Morgan fingerprint density at radius 3 is 2.07 bits per heavy atom. The van der Waals surface area contributed by atoms with Gasteiger partial charge in [-0.1, -0.05) is 78.9 Å². The Balaban J connectivity index is 1.28. The van der Waals surface area contributed by atoms with Crippen molar-refractivity contribution in [3.63, 3.8) is 0 Å². The number of benzene rings is 3. The van der Waals surface area contributed by atoms with Gasteiger partial charge in [0.2, 0.25) is 0 Å². The maximum atomic E-state index is 12.6. The second-order valence-electron chi connectivity index (χ2n) is 7.92. The minimum atomic E-state index is -0.732. The maximum absolute atomic E-state index is 12.6. The van der Waals surface area contributed by atoms with Crippen LogP contribution in [0.1, 0.15) is 41.6 Å². The van der Waals surface area contributed by atoms with Crippen molar-refractivity contribution in [2.45, 2.75) is 30.4 Å². The molecule has 0 aliphatic heterocycles. The lowest BCUT2D eigenvalue weighted by molar-refractivity contribution is 0.0949. The third-order valence-electron chi connectivity index (χ3n) is 6.12. The Morgan fingerprint density at radius 1 is 0.931 bits per heavy atom. The zero-order chi connectivity index (χ0) is 19.8. The predicted molar refractivity (Wildman–Crippen MR) is 112 cm³/mol. The summed E-state index contributed by atoms with van der Waals surface area (Å²) in [7, 11) is 0. The molecule has 1 fully saturated rings. The van der Waals surface area contributed by atoms with Crippen LogP contribution in [-0.4, -0.2) is 23.3 Å². The van der Waals surface area contributed by atoms with E-state index in [0.717, 1.165) is 18.4 Å². The molecular weight excluding hydrogens is 362 g/mol. The van der Waals surface area contributed by atoms with Crippen molar-refractivity contribution < 1.29 is 14.6 Å². The van der Waals surface area contributed by atoms with Gasteiger partial charge in [0.25, 0.3) is 0 Å². The smallest absolute Gasteiger partial charge is 0.407 e. The summed E-state index contributed by atoms with van der Waals surface area (Å²) in [5.74, 6) is 0.0300. The number of carbonyl (C=O) groups is 1. The highest BCUT2D eigenvalue weighted by atomic mass is 16.5. The zero-order valence-corrected chi connectivity index (χ0v) is 16.0. The number of hydrogen-bond acceptors (Lipinski definition) is 3. The molecule has 0 bridgehead atoms. The number of rotatable bonds is 5. The summed E-state index contributed by atoms with van der Waals surface area (Å²) in [6, 6.07) is 26.0. The highest BCUT2D eigenvalue weighted by Gasteiger charge is 2.51. The Kier molecular flexibility index (Phi) is 4.36. The molecule has 1 saturated carbocycles. The topological polar surface area (TPSA) is 58.6 Å². The molecular formula is C25H23NO3. The van der Waals surface area contributed by atoms with E-state index < -0.39 is 17.7 Å². The second kappa shape index (κ2) is 7.05. The summed E-state index contributed by atoms with van der Waals surface area (Å²) in [6.07, 6.45) is 0.282.